The van der Waals surface area contributed by atoms with E-state index in [1.54, 1.807) is 0 Å². The minimum Gasteiger partial charge on any atom is -0.481 e. The lowest BCUT2D eigenvalue weighted by molar-refractivity contribution is -0.138. The van der Waals surface area contributed by atoms with Crippen LogP contribution in [0.4, 0.5) is 0 Å². The minimum absolute atomic E-state index is 0.00362. The largest absolute Gasteiger partial charge is 0.481 e. The molecule has 2 N–H and O–H groups in total. The van der Waals surface area contributed by atoms with Gasteiger partial charge in [-0.05, 0) is 38.3 Å². The fraction of sp³-hybridized carbons (Fsp3) is 0.500. The number of aryl methyl sites for hydroxylation is 2. The van der Waals surface area contributed by atoms with Gasteiger partial charge in [-0.25, -0.2) is 0 Å². The smallest absolute Gasteiger partial charge is 0.305 e. The maximum atomic E-state index is 12.4. The van der Waals surface area contributed by atoms with Crippen molar-refractivity contribution in [2.45, 2.75) is 51.5 Å². The highest BCUT2D eigenvalue weighted by molar-refractivity contribution is 5.96. The van der Waals surface area contributed by atoms with Crippen molar-refractivity contribution in [3.05, 3.63) is 34.9 Å². The predicted octanol–water partition coefficient (Wildman–Crippen LogP) is 2.82. The number of amides is 1. The Balaban J connectivity index is 2.18. The third-order valence-corrected chi connectivity index (χ3v) is 4.06. The van der Waals surface area contributed by atoms with Crippen LogP contribution in [0.1, 0.15) is 53.6 Å². The molecule has 2 rings (SSSR count). The molecule has 0 aromatic heterocycles. The van der Waals surface area contributed by atoms with Crippen molar-refractivity contribution >= 4 is 11.9 Å². The molecule has 0 saturated heterocycles. The first-order chi connectivity index (χ1) is 9.42. The van der Waals surface area contributed by atoms with Crippen LogP contribution >= 0.6 is 0 Å². The van der Waals surface area contributed by atoms with Gasteiger partial charge in [0.05, 0.1) is 12.0 Å². The van der Waals surface area contributed by atoms with E-state index >= 15 is 0 Å². The lowest BCUT2D eigenvalue weighted by Gasteiger charge is -2.29. The molecule has 0 radical (unpaired) electrons. The van der Waals surface area contributed by atoms with Gasteiger partial charge in [-0.15, -0.1) is 0 Å². The second kappa shape index (κ2) is 5.65. The average Bonchev–Trinajstić information content (AvgIpc) is 2.75. The summed E-state index contributed by atoms with van der Waals surface area (Å²) in [6.45, 7) is 3.89. The highest BCUT2D eigenvalue weighted by Crippen LogP contribution is 2.33. The van der Waals surface area contributed by atoms with Crippen molar-refractivity contribution in [1.29, 1.82) is 0 Å². The maximum absolute atomic E-state index is 12.4. The quantitative estimate of drug-likeness (QED) is 0.888. The number of hydrogen-bond acceptors (Lipinski definition) is 2. The average molecular weight is 275 g/mol. The first-order valence-electron chi connectivity index (χ1n) is 7.03. The van der Waals surface area contributed by atoms with Crippen LogP contribution in [0.25, 0.3) is 0 Å². The Labute approximate surface area is 119 Å². The van der Waals surface area contributed by atoms with E-state index in [0.717, 1.165) is 36.8 Å². The molecule has 1 aromatic carbocycles. The Kier molecular flexibility index (Phi) is 4.12. The number of rotatable bonds is 4. The van der Waals surface area contributed by atoms with Crippen molar-refractivity contribution in [3.8, 4) is 0 Å². The summed E-state index contributed by atoms with van der Waals surface area (Å²) >= 11 is 0. The summed E-state index contributed by atoms with van der Waals surface area (Å²) < 4.78 is 0. The van der Waals surface area contributed by atoms with Gasteiger partial charge in [0.25, 0.3) is 5.91 Å². The Morgan fingerprint density at radius 2 is 1.90 bits per heavy atom. The zero-order chi connectivity index (χ0) is 14.8. The number of hydrogen-bond donors (Lipinski definition) is 2. The molecule has 1 amide bonds. The van der Waals surface area contributed by atoms with Crippen LogP contribution in [0.3, 0.4) is 0 Å². The van der Waals surface area contributed by atoms with E-state index in [9.17, 15) is 9.59 Å². The summed E-state index contributed by atoms with van der Waals surface area (Å²) in [5, 5.41) is 12.0. The van der Waals surface area contributed by atoms with Crippen LogP contribution in [0.15, 0.2) is 18.2 Å². The lowest BCUT2D eigenvalue weighted by Crippen LogP contribution is -2.48. The van der Waals surface area contributed by atoms with Gasteiger partial charge in [0, 0.05) is 5.56 Å². The minimum atomic E-state index is -0.854. The van der Waals surface area contributed by atoms with E-state index < -0.39 is 11.5 Å². The summed E-state index contributed by atoms with van der Waals surface area (Å²) in [4.78, 5) is 23.5. The summed E-state index contributed by atoms with van der Waals surface area (Å²) in [6, 6.07) is 5.68. The Bertz CT molecular complexity index is 531. The van der Waals surface area contributed by atoms with Crippen LogP contribution in [0, 0.1) is 13.8 Å². The molecule has 1 aliphatic carbocycles. The molecule has 0 atom stereocenters. The molecule has 4 nitrogen and oxygen atoms in total. The van der Waals surface area contributed by atoms with E-state index in [1.165, 1.54) is 0 Å². The van der Waals surface area contributed by atoms with Gasteiger partial charge >= 0.3 is 5.97 Å². The van der Waals surface area contributed by atoms with Crippen LogP contribution in [0.5, 0.6) is 0 Å². The summed E-state index contributed by atoms with van der Waals surface area (Å²) in [7, 11) is 0. The predicted molar refractivity (Wildman–Crippen MR) is 76.8 cm³/mol. The summed E-state index contributed by atoms with van der Waals surface area (Å²) in [5.41, 5.74) is 2.10. The molecule has 108 valence electrons. The van der Waals surface area contributed by atoms with Crippen molar-refractivity contribution in [2.75, 3.05) is 0 Å². The molecular weight excluding hydrogens is 254 g/mol. The zero-order valence-electron chi connectivity index (χ0n) is 12.0. The topological polar surface area (TPSA) is 66.4 Å². The first kappa shape index (κ1) is 14.6. The standard InChI is InChI=1S/C16H21NO3/c1-11-5-6-13(12(2)9-11)15(20)17-16(10-14(18)19)7-3-4-8-16/h5-6,9H,3-4,7-8,10H2,1-2H3,(H,17,20)(H,18,19). The number of carbonyl (C=O) groups is 2. The zero-order valence-corrected chi connectivity index (χ0v) is 12.0. The Hall–Kier alpha value is -1.84. The first-order valence-corrected chi connectivity index (χ1v) is 7.03. The monoisotopic (exact) mass is 275 g/mol. The molecule has 0 unspecified atom stereocenters. The van der Waals surface area contributed by atoms with Gasteiger partial charge in [-0.1, -0.05) is 30.5 Å². The molecular formula is C16H21NO3. The highest BCUT2D eigenvalue weighted by atomic mass is 16.4. The van der Waals surface area contributed by atoms with Crippen molar-refractivity contribution in [3.63, 3.8) is 0 Å². The number of aliphatic carboxylic acids is 1. The van der Waals surface area contributed by atoms with Gasteiger partial charge in [0.2, 0.25) is 0 Å². The molecule has 4 heteroatoms. The second-order valence-corrected chi connectivity index (χ2v) is 5.83. The van der Waals surface area contributed by atoms with Gasteiger partial charge < -0.3 is 10.4 Å². The number of benzene rings is 1. The third kappa shape index (κ3) is 3.18. The molecule has 20 heavy (non-hydrogen) atoms. The molecule has 0 heterocycles. The summed E-state index contributed by atoms with van der Waals surface area (Å²) in [5.74, 6) is -1.02. The van der Waals surface area contributed by atoms with Gasteiger partial charge in [-0.2, -0.15) is 0 Å². The molecule has 0 bridgehead atoms. The number of carboxylic acids is 1. The van der Waals surface area contributed by atoms with E-state index in [1.807, 2.05) is 32.0 Å². The molecule has 0 spiro atoms. The number of carbonyl (C=O) groups excluding carboxylic acids is 1. The van der Waals surface area contributed by atoms with Gasteiger partial charge in [-0.3, -0.25) is 9.59 Å². The molecule has 1 fully saturated rings. The highest BCUT2D eigenvalue weighted by Gasteiger charge is 2.37. The lowest BCUT2D eigenvalue weighted by atomic mass is 9.92. The van der Waals surface area contributed by atoms with Crippen molar-refractivity contribution < 1.29 is 14.7 Å². The normalized spacial score (nSPS) is 16.9. The molecule has 1 saturated carbocycles. The van der Waals surface area contributed by atoms with E-state index in [0.29, 0.717) is 5.56 Å². The number of carboxylic acid groups (broad SMARTS) is 1. The second-order valence-electron chi connectivity index (χ2n) is 5.83. The molecule has 0 aliphatic heterocycles. The van der Waals surface area contributed by atoms with Crippen LogP contribution in [-0.2, 0) is 4.79 Å². The molecule has 1 aromatic rings. The fourth-order valence-corrected chi connectivity index (χ4v) is 3.06. The number of nitrogens with one attached hydrogen (secondary N) is 1. The third-order valence-electron chi connectivity index (χ3n) is 4.06. The van der Waals surface area contributed by atoms with E-state index in [2.05, 4.69) is 5.32 Å². The van der Waals surface area contributed by atoms with Gasteiger partial charge in [0.15, 0.2) is 0 Å². The van der Waals surface area contributed by atoms with Crippen LogP contribution in [0.2, 0.25) is 0 Å². The van der Waals surface area contributed by atoms with Crippen molar-refractivity contribution in [2.24, 2.45) is 0 Å². The Morgan fingerprint density at radius 3 is 2.45 bits per heavy atom. The maximum Gasteiger partial charge on any atom is 0.305 e. The Morgan fingerprint density at radius 1 is 1.25 bits per heavy atom. The fourth-order valence-electron chi connectivity index (χ4n) is 3.06. The van der Waals surface area contributed by atoms with E-state index in [4.69, 9.17) is 5.11 Å². The van der Waals surface area contributed by atoms with Crippen LogP contribution < -0.4 is 5.32 Å². The summed E-state index contributed by atoms with van der Waals surface area (Å²) in [6.07, 6.45) is 3.44. The van der Waals surface area contributed by atoms with Crippen LogP contribution in [-0.4, -0.2) is 22.5 Å². The SMILES string of the molecule is Cc1ccc(C(=O)NC2(CC(=O)O)CCCC2)c(C)c1. The molecule has 1 aliphatic rings. The van der Waals surface area contributed by atoms with Crippen molar-refractivity contribution in [1.82, 2.24) is 5.32 Å². The van der Waals surface area contributed by atoms with E-state index in [-0.39, 0.29) is 12.3 Å². The van der Waals surface area contributed by atoms with Gasteiger partial charge in [0.1, 0.15) is 0 Å².